The Morgan fingerprint density at radius 2 is 1.76 bits per heavy atom. The quantitative estimate of drug-likeness (QED) is 0.822. The number of likely N-dealkylation sites (N-methyl/N-ethyl adjacent to an activating group) is 1. The zero-order chi connectivity index (χ0) is 17.8. The van der Waals surface area contributed by atoms with Crippen molar-refractivity contribution >= 4 is 5.91 Å². The fourth-order valence-corrected chi connectivity index (χ4v) is 4.06. The highest BCUT2D eigenvalue weighted by molar-refractivity contribution is 5.78. The smallest absolute Gasteiger partial charge is 0.237 e. The van der Waals surface area contributed by atoms with Crippen molar-refractivity contribution in [2.24, 2.45) is 0 Å². The van der Waals surface area contributed by atoms with Crippen LogP contribution in [-0.2, 0) is 17.8 Å². The van der Waals surface area contributed by atoms with E-state index in [0.717, 1.165) is 30.0 Å². The lowest BCUT2D eigenvalue weighted by Crippen LogP contribution is -2.45. The number of hydrogen-bond acceptors (Lipinski definition) is 4. The third-order valence-electron chi connectivity index (χ3n) is 5.65. The number of amides is 1. The lowest BCUT2D eigenvalue weighted by molar-refractivity contribution is -0.133. The first-order chi connectivity index (χ1) is 12.1. The molecule has 5 nitrogen and oxygen atoms in total. The van der Waals surface area contributed by atoms with Crippen LogP contribution < -0.4 is 9.47 Å². The molecule has 1 amide bonds. The van der Waals surface area contributed by atoms with Crippen molar-refractivity contribution in [3.63, 3.8) is 0 Å². The predicted octanol–water partition coefficient (Wildman–Crippen LogP) is 2.85. The molecule has 1 aliphatic heterocycles. The lowest BCUT2D eigenvalue weighted by Gasteiger charge is -2.34. The van der Waals surface area contributed by atoms with Gasteiger partial charge in [-0.15, -0.1) is 0 Å². The van der Waals surface area contributed by atoms with Crippen molar-refractivity contribution in [1.29, 1.82) is 0 Å². The number of carbonyl (C=O) groups is 1. The maximum absolute atomic E-state index is 12.8. The van der Waals surface area contributed by atoms with E-state index < -0.39 is 0 Å². The van der Waals surface area contributed by atoms with Gasteiger partial charge in [0, 0.05) is 19.1 Å². The predicted molar refractivity (Wildman–Crippen MR) is 98.2 cm³/mol. The van der Waals surface area contributed by atoms with Gasteiger partial charge in [-0.05, 0) is 49.6 Å². The fourth-order valence-electron chi connectivity index (χ4n) is 4.06. The zero-order valence-corrected chi connectivity index (χ0v) is 15.7. The largest absolute Gasteiger partial charge is 0.493 e. The van der Waals surface area contributed by atoms with E-state index in [1.54, 1.807) is 14.2 Å². The molecule has 1 saturated carbocycles. The minimum absolute atomic E-state index is 0.230. The number of benzene rings is 1. The number of rotatable bonds is 5. The van der Waals surface area contributed by atoms with Crippen LogP contribution in [0.2, 0.25) is 0 Å². The molecule has 1 heterocycles. The van der Waals surface area contributed by atoms with Crippen LogP contribution >= 0.6 is 0 Å². The number of ether oxygens (including phenoxy) is 2. The van der Waals surface area contributed by atoms with E-state index in [2.05, 4.69) is 11.9 Å². The van der Waals surface area contributed by atoms with Crippen molar-refractivity contribution in [3.05, 3.63) is 23.3 Å². The van der Waals surface area contributed by atoms with Gasteiger partial charge in [-0.25, -0.2) is 0 Å². The van der Waals surface area contributed by atoms with Crippen LogP contribution in [0, 0.1) is 0 Å². The molecule has 0 N–H and O–H groups in total. The SMILES string of the molecule is COc1cc2c(cc1OC)CN(C(=O)CN(C)C1CCCCC1)CC2. The third-order valence-corrected chi connectivity index (χ3v) is 5.65. The van der Waals surface area contributed by atoms with Gasteiger partial charge < -0.3 is 14.4 Å². The first-order valence-corrected chi connectivity index (χ1v) is 9.34. The van der Waals surface area contributed by atoms with E-state index in [1.165, 1.54) is 37.7 Å². The average molecular weight is 346 g/mol. The second-order valence-electron chi connectivity index (χ2n) is 7.25. The van der Waals surface area contributed by atoms with Gasteiger partial charge in [-0.2, -0.15) is 0 Å². The average Bonchev–Trinajstić information content (AvgIpc) is 2.66. The van der Waals surface area contributed by atoms with Crippen LogP contribution in [0.4, 0.5) is 0 Å². The van der Waals surface area contributed by atoms with Crippen molar-refractivity contribution in [2.45, 2.75) is 51.1 Å². The summed E-state index contributed by atoms with van der Waals surface area (Å²) in [4.78, 5) is 17.0. The number of methoxy groups -OCH3 is 2. The van der Waals surface area contributed by atoms with E-state index in [-0.39, 0.29) is 5.91 Å². The molecule has 0 bridgehead atoms. The standard InChI is InChI=1S/C20H30N2O3/c1-21(17-7-5-4-6-8-17)14-20(23)22-10-9-15-11-18(24-2)19(25-3)12-16(15)13-22/h11-12,17H,4-10,13-14H2,1-3H3. The summed E-state index contributed by atoms with van der Waals surface area (Å²) in [7, 11) is 5.40. The Labute approximate surface area is 150 Å². The van der Waals surface area contributed by atoms with Crippen LogP contribution in [0.3, 0.4) is 0 Å². The molecular weight excluding hydrogens is 316 g/mol. The lowest BCUT2D eigenvalue weighted by atomic mass is 9.94. The minimum atomic E-state index is 0.230. The summed E-state index contributed by atoms with van der Waals surface area (Å²) in [6.07, 6.45) is 7.25. The second kappa shape index (κ2) is 8.09. The Morgan fingerprint density at radius 3 is 2.40 bits per heavy atom. The van der Waals surface area contributed by atoms with Gasteiger partial charge in [0.1, 0.15) is 0 Å². The van der Waals surface area contributed by atoms with Crippen LogP contribution in [0.25, 0.3) is 0 Å². The first kappa shape index (κ1) is 18.1. The topological polar surface area (TPSA) is 42.0 Å². The summed E-state index contributed by atoms with van der Waals surface area (Å²) in [6, 6.07) is 4.63. The molecule has 0 radical (unpaired) electrons. The third kappa shape index (κ3) is 4.09. The van der Waals surface area contributed by atoms with Gasteiger partial charge >= 0.3 is 0 Å². The summed E-state index contributed by atoms with van der Waals surface area (Å²) in [5, 5.41) is 0. The van der Waals surface area contributed by atoms with E-state index >= 15 is 0 Å². The van der Waals surface area contributed by atoms with Gasteiger partial charge in [-0.3, -0.25) is 9.69 Å². The Hall–Kier alpha value is -1.75. The maximum atomic E-state index is 12.8. The van der Waals surface area contributed by atoms with Crippen LogP contribution in [0.5, 0.6) is 11.5 Å². The summed E-state index contributed by atoms with van der Waals surface area (Å²) < 4.78 is 10.8. The van der Waals surface area contributed by atoms with Gasteiger partial charge in [0.2, 0.25) is 5.91 Å². The van der Waals surface area contributed by atoms with Crippen LogP contribution in [0.1, 0.15) is 43.2 Å². The highest BCUT2D eigenvalue weighted by Gasteiger charge is 2.26. The monoisotopic (exact) mass is 346 g/mol. The minimum Gasteiger partial charge on any atom is -0.493 e. The molecule has 2 aliphatic rings. The molecule has 5 heteroatoms. The second-order valence-corrected chi connectivity index (χ2v) is 7.25. The zero-order valence-electron chi connectivity index (χ0n) is 15.7. The van der Waals surface area contributed by atoms with E-state index in [9.17, 15) is 4.79 Å². The Kier molecular flexibility index (Phi) is 5.84. The molecule has 25 heavy (non-hydrogen) atoms. The highest BCUT2D eigenvalue weighted by Crippen LogP contribution is 2.33. The van der Waals surface area contributed by atoms with E-state index in [1.807, 2.05) is 17.0 Å². The molecule has 3 rings (SSSR count). The molecule has 0 spiro atoms. The molecule has 138 valence electrons. The molecule has 0 saturated heterocycles. The molecular formula is C20H30N2O3. The first-order valence-electron chi connectivity index (χ1n) is 9.34. The summed E-state index contributed by atoms with van der Waals surface area (Å²) >= 11 is 0. The number of nitrogens with zero attached hydrogens (tertiary/aromatic N) is 2. The molecule has 1 aromatic rings. The van der Waals surface area contributed by atoms with Crippen LogP contribution in [0.15, 0.2) is 12.1 Å². The Bertz CT molecular complexity index is 611. The van der Waals surface area contributed by atoms with Gasteiger partial charge in [0.05, 0.1) is 20.8 Å². The number of fused-ring (bicyclic) bond motifs is 1. The molecule has 0 aromatic heterocycles. The summed E-state index contributed by atoms with van der Waals surface area (Å²) in [5.74, 6) is 1.72. The molecule has 0 atom stereocenters. The van der Waals surface area contributed by atoms with E-state index in [0.29, 0.717) is 19.1 Å². The van der Waals surface area contributed by atoms with Gasteiger partial charge in [0.15, 0.2) is 11.5 Å². The molecule has 0 unspecified atom stereocenters. The maximum Gasteiger partial charge on any atom is 0.237 e. The Morgan fingerprint density at radius 1 is 1.12 bits per heavy atom. The highest BCUT2D eigenvalue weighted by atomic mass is 16.5. The van der Waals surface area contributed by atoms with Crippen molar-refractivity contribution in [1.82, 2.24) is 9.80 Å². The van der Waals surface area contributed by atoms with Gasteiger partial charge in [0.25, 0.3) is 0 Å². The van der Waals surface area contributed by atoms with Gasteiger partial charge in [-0.1, -0.05) is 19.3 Å². The normalized spacial score (nSPS) is 18.2. The molecule has 1 fully saturated rings. The van der Waals surface area contributed by atoms with Crippen LogP contribution in [-0.4, -0.2) is 56.1 Å². The fraction of sp³-hybridized carbons (Fsp3) is 0.650. The molecule has 1 aliphatic carbocycles. The van der Waals surface area contributed by atoms with E-state index in [4.69, 9.17) is 9.47 Å². The summed E-state index contributed by atoms with van der Waals surface area (Å²) in [5.41, 5.74) is 2.42. The number of hydrogen-bond donors (Lipinski definition) is 0. The van der Waals surface area contributed by atoms with Crippen molar-refractivity contribution in [3.8, 4) is 11.5 Å². The summed E-state index contributed by atoms with van der Waals surface area (Å²) in [6.45, 7) is 1.96. The number of carbonyl (C=O) groups excluding carboxylic acids is 1. The molecule has 1 aromatic carbocycles. The van der Waals surface area contributed by atoms with Crippen molar-refractivity contribution < 1.29 is 14.3 Å². The Balaban J connectivity index is 1.64. The van der Waals surface area contributed by atoms with Crippen molar-refractivity contribution in [2.75, 3.05) is 34.4 Å².